The summed E-state index contributed by atoms with van der Waals surface area (Å²) in [6.45, 7) is 4.86. The van der Waals surface area contributed by atoms with Crippen LogP contribution in [-0.4, -0.2) is 0 Å². The van der Waals surface area contributed by atoms with Gasteiger partial charge in [-0.3, -0.25) is 0 Å². The second kappa shape index (κ2) is 1.53. The van der Waals surface area contributed by atoms with Crippen molar-refractivity contribution >= 4 is 0 Å². The third-order valence-electron chi connectivity index (χ3n) is 3.81. The third-order valence-corrected chi connectivity index (χ3v) is 3.81. The fourth-order valence-corrected chi connectivity index (χ4v) is 2.46. The Morgan fingerprint density at radius 1 is 1.11 bits per heavy atom. The average Bonchev–Trinajstić information content (AvgIpc) is 2.57. The minimum absolute atomic E-state index is 0.874. The molecule has 0 amide bonds. The Morgan fingerprint density at radius 3 is 2.00 bits per heavy atom. The maximum atomic E-state index is 2.45. The van der Waals surface area contributed by atoms with Crippen LogP contribution in [0.15, 0.2) is 0 Å². The molecule has 0 heterocycles. The Kier molecular flexibility index (Phi) is 0.980. The van der Waals surface area contributed by atoms with Gasteiger partial charge in [0, 0.05) is 0 Å². The monoisotopic (exact) mass is 124 g/mol. The van der Waals surface area contributed by atoms with Gasteiger partial charge in [0.2, 0.25) is 0 Å². The van der Waals surface area contributed by atoms with E-state index in [4.69, 9.17) is 0 Å². The highest BCUT2D eigenvalue weighted by Gasteiger charge is 2.52. The zero-order chi connectivity index (χ0) is 6.48. The van der Waals surface area contributed by atoms with E-state index in [-0.39, 0.29) is 0 Å². The van der Waals surface area contributed by atoms with Crippen molar-refractivity contribution in [3.8, 4) is 0 Å². The van der Waals surface area contributed by atoms with E-state index in [0.29, 0.717) is 0 Å². The zero-order valence-electron chi connectivity index (χ0n) is 6.48. The lowest BCUT2D eigenvalue weighted by Crippen LogP contribution is -2.08. The third kappa shape index (κ3) is 0.653. The molecule has 0 bridgehead atoms. The standard InChI is InChI=1S/C9H16/c1-7-3-4-9(5-6-9)8(7)2/h7-8H,3-6H2,1-2H3/t7-,8-/m1/s1. The summed E-state index contributed by atoms with van der Waals surface area (Å²) < 4.78 is 0. The Labute approximate surface area is 57.6 Å². The van der Waals surface area contributed by atoms with Crippen LogP contribution in [0.5, 0.6) is 0 Å². The van der Waals surface area contributed by atoms with E-state index in [1.54, 1.807) is 12.8 Å². The Morgan fingerprint density at radius 2 is 1.78 bits per heavy atom. The van der Waals surface area contributed by atoms with Crippen molar-refractivity contribution in [2.24, 2.45) is 17.3 Å². The van der Waals surface area contributed by atoms with Gasteiger partial charge in [0.15, 0.2) is 0 Å². The topological polar surface area (TPSA) is 0 Å². The molecule has 0 radical (unpaired) electrons. The lowest BCUT2D eigenvalue weighted by atomic mass is 9.90. The van der Waals surface area contributed by atoms with E-state index in [2.05, 4.69) is 13.8 Å². The van der Waals surface area contributed by atoms with Crippen molar-refractivity contribution in [1.82, 2.24) is 0 Å². The van der Waals surface area contributed by atoms with Gasteiger partial charge in [-0.1, -0.05) is 13.8 Å². The van der Waals surface area contributed by atoms with Crippen molar-refractivity contribution in [3.05, 3.63) is 0 Å². The van der Waals surface area contributed by atoms with Gasteiger partial charge >= 0.3 is 0 Å². The second-order valence-corrected chi connectivity index (χ2v) is 4.17. The van der Waals surface area contributed by atoms with E-state index in [1.807, 2.05) is 0 Å². The molecule has 2 rings (SSSR count). The molecule has 0 aromatic heterocycles. The molecule has 52 valence electrons. The normalized spacial score (nSPS) is 46.0. The van der Waals surface area contributed by atoms with Gasteiger partial charge in [0.05, 0.1) is 0 Å². The maximum absolute atomic E-state index is 2.45. The molecule has 2 aliphatic rings. The summed E-state index contributed by atoms with van der Waals surface area (Å²) in [5, 5.41) is 0. The van der Waals surface area contributed by atoms with Gasteiger partial charge in [-0.2, -0.15) is 0 Å². The number of rotatable bonds is 0. The summed E-state index contributed by atoms with van der Waals surface area (Å²) in [4.78, 5) is 0. The smallest absolute Gasteiger partial charge is 0.0269 e. The Balaban J connectivity index is 2.13. The SMILES string of the molecule is C[C@@H]1CCC2(CC2)[C@@H]1C. The van der Waals surface area contributed by atoms with Gasteiger partial charge in [-0.15, -0.1) is 0 Å². The quantitative estimate of drug-likeness (QED) is 0.466. The summed E-state index contributed by atoms with van der Waals surface area (Å²) in [7, 11) is 0. The summed E-state index contributed by atoms with van der Waals surface area (Å²) in [5.41, 5.74) is 0.874. The fraction of sp³-hybridized carbons (Fsp3) is 1.00. The highest BCUT2D eigenvalue weighted by Crippen LogP contribution is 2.62. The first-order chi connectivity index (χ1) is 4.25. The Bertz CT molecular complexity index is 122. The van der Waals surface area contributed by atoms with Crippen molar-refractivity contribution in [2.45, 2.75) is 39.5 Å². The zero-order valence-corrected chi connectivity index (χ0v) is 6.48. The molecule has 2 aliphatic carbocycles. The molecule has 0 nitrogen and oxygen atoms in total. The molecule has 0 heteroatoms. The van der Waals surface area contributed by atoms with Crippen molar-refractivity contribution in [2.75, 3.05) is 0 Å². The minimum Gasteiger partial charge on any atom is -0.0622 e. The summed E-state index contributed by atoms with van der Waals surface area (Å²) in [6.07, 6.45) is 6.12. The number of hydrogen-bond donors (Lipinski definition) is 0. The largest absolute Gasteiger partial charge is 0.0622 e. The first kappa shape index (κ1) is 5.76. The van der Waals surface area contributed by atoms with E-state index in [9.17, 15) is 0 Å². The van der Waals surface area contributed by atoms with Crippen LogP contribution in [0.4, 0.5) is 0 Å². The molecular formula is C9H16. The molecule has 0 N–H and O–H groups in total. The van der Waals surface area contributed by atoms with Gasteiger partial charge in [0.1, 0.15) is 0 Å². The van der Waals surface area contributed by atoms with Crippen LogP contribution in [0.3, 0.4) is 0 Å². The Hall–Kier alpha value is 0. The van der Waals surface area contributed by atoms with Crippen LogP contribution < -0.4 is 0 Å². The molecule has 2 saturated carbocycles. The van der Waals surface area contributed by atoms with Crippen molar-refractivity contribution in [3.63, 3.8) is 0 Å². The molecule has 1 spiro atoms. The second-order valence-electron chi connectivity index (χ2n) is 4.17. The van der Waals surface area contributed by atoms with Crippen LogP contribution in [-0.2, 0) is 0 Å². The van der Waals surface area contributed by atoms with Crippen LogP contribution in [0.25, 0.3) is 0 Å². The lowest BCUT2D eigenvalue weighted by molar-refractivity contribution is 0.338. The molecule has 0 aromatic carbocycles. The van der Waals surface area contributed by atoms with Gasteiger partial charge in [-0.05, 0) is 42.9 Å². The van der Waals surface area contributed by atoms with Crippen molar-refractivity contribution in [1.29, 1.82) is 0 Å². The summed E-state index contributed by atoms with van der Waals surface area (Å²) >= 11 is 0. The highest BCUT2D eigenvalue weighted by molar-refractivity contribution is 5.02. The van der Waals surface area contributed by atoms with Gasteiger partial charge < -0.3 is 0 Å². The molecule has 9 heavy (non-hydrogen) atoms. The highest BCUT2D eigenvalue weighted by atomic mass is 14.6. The minimum atomic E-state index is 0.874. The van der Waals surface area contributed by atoms with Crippen LogP contribution in [0, 0.1) is 17.3 Å². The molecule has 0 aromatic rings. The van der Waals surface area contributed by atoms with Gasteiger partial charge in [0.25, 0.3) is 0 Å². The van der Waals surface area contributed by atoms with Crippen LogP contribution in [0.2, 0.25) is 0 Å². The van der Waals surface area contributed by atoms with E-state index >= 15 is 0 Å². The fourth-order valence-electron chi connectivity index (χ4n) is 2.46. The van der Waals surface area contributed by atoms with E-state index in [1.165, 1.54) is 12.8 Å². The molecule has 0 unspecified atom stereocenters. The molecule has 2 atom stereocenters. The average molecular weight is 124 g/mol. The first-order valence-corrected chi connectivity index (χ1v) is 4.25. The first-order valence-electron chi connectivity index (χ1n) is 4.25. The molecule has 0 saturated heterocycles. The maximum Gasteiger partial charge on any atom is -0.0269 e. The van der Waals surface area contributed by atoms with Gasteiger partial charge in [-0.25, -0.2) is 0 Å². The van der Waals surface area contributed by atoms with Crippen LogP contribution in [0.1, 0.15) is 39.5 Å². The summed E-state index contributed by atoms with van der Waals surface area (Å²) in [6, 6.07) is 0. The molecular weight excluding hydrogens is 108 g/mol. The lowest BCUT2D eigenvalue weighted by Gasteiger charge is -2.15. The van der Waals surface area contributed by atoms with E-state index < -0.39 is 0 Å². The summed E-state index contributed by atoms with van der Waals surface area (Å²) in [5.74, 6) is 2.06. The number of hydrogen-bond acceptors (Lipinski definition) is 0. The van der Waals surface area contributed by atoms with Crippen LogP contribution >= 0.6 is 0 Å². The van der Waals surface area contributed by atoms with E-state index in [0.717, 1.165) is 17.3 Å². The predicted molar refractivity (Wildman–Crippen MR) is 39.2 cm³/mol. The van der Waals surface area contributed by atoms with Crippen molar-refractivity contribution < 1.29 is 0 Å². The molecule has 0 aliphatic heterocycles. The predicted octanol–water partition coefficient (Wildman–Crippen LogP) is 2.83. The molecule has 2 fully saturated rings.